The highest BCUT2D eigenvalue weighted by Gasteiger charge is 2.35. The van der Waals surface area contributed by atoms with Gasteiger partial charge in [-0.15, -0.1) is 0 Å². The maximum absolute atomic E-state index is 5.56. The van der Waals surface area contributed by atoms with Crippen LogP contribution in [0.1, 0.15) is 38.5 Å². The number of hydrogen-bond donors (Lipinski definition) is 0. The minimum absolute atomic E-state index is 0.525. The van der Waals surface area contributed by atoms with Gasteiger partial charge in [0.05, 0.1) is 0 Å². The highest BCUT2D eigenvalue weighted by molar-refractivity contribution is 6.52. The molecule has 1 fully saturated rings. The lowest BCUT2D eigenvalue weighted by Gasteiger charge is -2.37. The van der Waals surface area contributed by atoms with E-state index in [4.69, 9.17) is 4.65 Å². The fourth-order valence-corrected chi connectivity index (χ4v) is 3.95. The summed E-state index contributed by atoms with van der Waals surface area (Å²) < 4.78 is 5.56. The van der Waals surface area contributed by atoms with Crippen LogP contribution in [0.5, 0.6) is 0 Å². The molecule has 0 aromatic rings. The predicted octanol–water partition coefficient (Wildman–Crippen LogP) is 4.09. The summed E-state index contributed by atoms with van der Waals surface area (Å²) >= 11 is 0. The molecule has 0 saturated carbocycles. The molecule has 17 heavy (non-hydrogen) atoms. The van der Waals surface area contributed by atoms with E-state index in [1.807, 2.05) is 7.11 Å². The Bertz CT molecular complexity index is 345. The predicted molar refractivity (Wildman–Crippen MR) is 73.2 cm³/mol. The summed E-state index contributed by atoms with van der Waals surface area (Å²) in [5, 5.41) is 0. The van der Waals surface area contributed by atoms with Crippen molar-refractivity contribution < 1.29 is 4.65 Å². The molecule has 2 unspecified atom stereocenters. The number of fused-ring (bicyclic) bond motifs is 2. The van der Waals surface area contributed by atoms with E-state index in [2.05, 4.69) is 12.2 Å². The Kier molecular flexibility index (Phi) is 3.42. The minimum Gasteiger partial charge on any atom is -0.438 e. The van der Waals surface area contributed by atoms with Crippen molar-refractivity contribution in [1.29, 1.82) is 0 Å². The van der Waals surface area contributed by atoms with Gasteiger partial charge in [-0.25, -0.2) is 0 Å². The van der Waals surface area contributed by atoms with E-state index in [1.54, 1.807) is 11.1 Å². The Morgan fingerprint density at radius 2 is 2.18 bits per heavy atom. The first kappa shape index (κ1) is 11.6. The molecule has 3 aliphatic rings. The molecular formula is C15H23BO. The van der Waals surface area contributed by atoms with Crippen LogP contribution in [0.2, 0.25) is 12.6 Å². The number of allylic oxidation sites excluding steroid dienone is 4. The Labute approximate surface area is 105 Å². The third kappa shape index (κ3) is 2.52. The second-order valence-corrected chi connectivity index (χ2v) is 6.06. The second kappa shape index (κ2) is 5.01. The SMILES string of the molecule is COB1CC2C=C(C3=CCCCC3)CC(C1)C2. The molecule has 0 aromatic carbocycles. The van der Waals surface area contributed by atoms with E-state index in [-0.39, 0.29) is 0 Å². The van der Waals surface area contributed by atoms with Gasteiger partial charge in [0.15, 0.2) is 0 Å². The lowest BCUT2D eigenvalue weighted by atomic mass is 9.47. The molecule has 2 bridgehead atoms. The van der Waals surface area contributed by atoms with Crippen LogP contribution in [-0.4, -0.2) is 14.0 Å². The quantitative estimate of drug-likeness (QED) is 0.649. The van der Waals surface area contributed by atoms with Gasteiger partial charge in [-0.1, -0.05) is 12.2 Å². The second-order valence-electron chi connectivity index (χ2n) is 6.06. The fraction of sp³-hybridized carbons (Fsp3) is 0.733. The lowest BCUT2D eigenvalue weighted by molar-refractivity contribution is 0.341. The van der Waals surface area contributed by atoms with Crippen LogP contribution in [0.15, 0.2) is 23.3 Å². The molecule has 0 radical (unpaired) electrons. The first-order valence-corrected chi connectivity index (χ1v) is 7.28. The summed E-state index contributed by atoms with van der Waals surface area (Å²) in [4.78, 5) is 0. The minimum atomic E-state index is 0.525. The Morgan fingerprint density at radius 1 is 1.24 bits per heavy atom. The topological polar surface area (TPSA) is 9.23 Å². The highest BCUT2D eigenvalue weighted by atomic mass is 16.4. The fourth-order valence-electron chi connectivity index (χ4n) is 3.95. The van der Waals surface area contributed by atoms with Crippen LogP contribution in [0.3, 0.4) is 0 Å². The molecule has 2 heteroatoms. The zero-order valence-electron chi connectivity index (χ0n) is 11.0. The van der Waals surface area contributed by atoms with Gasteiger partial charge in [0, 0.05) is 7.11 Å². The molecule has 1 nitrogen and oxygen atoms in total. The van der Waals surface area contributed by atoms with Crippen molar-refractivity contribution in [2.45, 2.75) is 51.2 Å². The van der Waals surface area contributed by atoms with Crippen LogP contribution in [-0.2, 0) is 4.65 Å². The summed E-state index contributed by atoms with van der Waals surface area (Å²) in [6.45, 7) is 0.525. The summed E-state index contributed by atoms with van der Waals surface area (Å²) in [5.74, 6) is 1.69. The highest BCUT2D eigenvalue weighted by Crippen LogP contribution is 2.43. The standard InChI is InChI=1S/C15H23BO/c1-17-16-10-12-7-13(11-16)9-15(8-12)14-5-3-2-4-6-14/h5,8,12-13H,2-4,6-7,9-11H2,1H3. The van der Waals surface area contributed by atoms with E-state index in [9.17, 15) is 0 Å². The van der Waals surface area contributed by atoms with Crippen molar-refractivity contribution in [3.63, 3.8) is 0 Å². The summed E-state index contributed by atoms with van der Waals surface area (Å²) in [6, 6.07) is 0. The van der Waals surface area contributed by atoms with Crippen LogP contribution >= 0.6 is 0 Å². The molecule has 92 valence electrons. The zero-order valence-corrected chi connectivity index (χ0v) is 11.0. The van der Waals surface area contributed by atoms with Crippen molar-refractivity contribution in [3.05, 3.63) is 23.3 Å². The summed E-state index contributed by atoms with van der Waals surface area (Å²) in [6.07, 6.45) is 15.8. The van der Waals surface area contributed by atoms with Gasteiger partial charge >= 0.3 is 0 Å². The number of hydrogen-bond acceptors (Lipinski definition) is 1. The van der Waals surface area contributed by atoms with E-state index in [1.165, 1.54) is 51.2 Å². The zero-order chi connectivity index (χ0) is 11.7. The summed E-state index contributed by atoms with van der Waals surface area (Å²) in [7, 11) is 1.88. The molecule has 3 rings (SSSR count). The van der Waals surface area contributed by atoms with Crippen LogP contribution < -0.4 is 0 Å². The third-order valence-corrected chi connectivity index (χ3v) is 4.78. The normalized spacial score (nSPS) is 33.1. The largest absolute Gasteiger partial charge is 0.438 e. The molecule has 1 aliphatic heterocycles. The van der Waals surface area contributed by atoms with Crippen molar-refractivity contribution in [1.82, 2.24) is 0 Å². The van der Waals surface area contributed by atoms with Crippen LogP contribution in [0.4, 0.5) is 0 Å². The molecule has 0 aromatic heterocycles. The van der Waals surface area contributed by atoms with Gasteiger partial charge in [-0.05, 0) is 74.1 Å². The van der Waals surface area contributed by atoms with Gasteiger partial charge in [0.2, 0.25) is 0 Å². The average Bonchev–Trinajstić information content (AvgIpc) is 2.38. The molecule has 0 spiro atoms. The van der Waals surface area contributed by atoms with E-state index in [0.717, 1.165) is 11.8 Å². The smallest absolute Gasteiger partial charge is 0.293 e. The third-order valence-electron chi connectivity index (χ3n) is 4.78. The summed E-state index contributed by atoms with van der Waals surface area (Å²) in [5.41, 5.74) is 3.38. The van der Waals surface area contributed by atoms with Crippen molar-refractivity contribution >= 4 is 6.92 Å². The molecule has 1 saturated heterocycles. The first-order valence-electron chi connectivity index (χ1n) is 7.28. The lowest BCUT2D eigenvalue weighted by Crippen LogP contribution is -2.32. The molecular weight excluding hydrogens is 207 g/mol. The van der Waals surface area contributed by atoms with E-state index >= 15 is 0 Å². The molecule has 1 heterocycles. The first-order chi connectivity index (χ1) is 8.35. The van der Waals surface area contributed by atoms with E-state index in [0.29, 0.717) is 6.92 Å². The van der Waals surface area contributed by atoms with E-state index < -0.39 is 0 Å². The Balaban J connectivity index is 1.75. The molecule has 0 amide bonds. The van der Waals surface area contributed by atoms with Gasteiger partial charge in [-0.2, -0.15) is 0 Å². The van der Waals surface area contributed by atoms with Gasteiger partial charge in [0.25, 0.3) is 6.92 Å². The average molecular weight is 230 g/mol. The van der Waals surface area contributed by atoms with Crippen LogP contribution in [0.25, 0.3) is 0 Å². The number of rotatable bonds is 2. The van der Waals surface area contributed by atoms with Gasteiger partial charge < -0.3 is 4.65 Å². The maximum atomic E-state index is 5.56. The van der Waals surface area contributed by atoms with Crippen molar-refractivity contribution in [2.24, 2.45) is 11.8 Å². The molecule has 2 aliphatic carbocycles. The monoisotopic (exact) mass is 230 g/mol. The maximum Gasteiger partial charge on any atom is 0.293 e. The Hall–Kier alpha value is -0.495. The van der Waals surface area contributed by atoms with Crippen molar-refractivity contribution in [3.8, 4) is 0 Å². The van der Waals surface area contributed by atoms with Gasteiger partial charge in [0.1, 0.15) is 0 Å². The van der Waals surface area contributed by atoms with Gasteiger partial charge in [-0.3, -0.25) is 0 Å². The molecule has 0 N–H and O–H groups in total. The van der Waals surface area contributed by atoms with Crippen LogP contribution in [0, 0.1) is 11.8 Å². The Morgan fingerprint density at radius 3 is 2.88 bits per heavy atom. The van der Waals surface area contributed by atoms with Crippen molar-refractivity contribution in [2.75, 3.05) is 7.11 Å². The molecule has 2 atom stereocenters.